The fourth-order valence-electron chi connectivity index (χ4n) is 2.24. The molecule has 1 aromatic rings. The van der Waals surface area contributed by atoms with Gasteiger partial charge in [0.15, 0.2) is 6.10 Å². The third-order valence-electron chi connectivity index (χ3n) is 3.18. The molecule has 0 spiro atoms. The van der Waals surface area contributed by atoms with Crippen molar-refractivity contribution >= 4 is 11.6 Å². The van der Waals surface area contributed by atoms with E-state index >= 15 is 0 Å². The molecule has 1 heterocycles. The summed E-state index contributed by atoms with van der Waals surface area (Å²) in [6.45, 7) is 2.12. The van der Waals surface area contributed by atoms with Crippen LogP contribution in [0.2, 0.25) is 0 Å². The van der Waals surface area contributed by atoms with E-state index in [2.05, 4.69) is 0 Å². The minimum Gasteiger partial charge on any atom is -0.366 e. The molecule has 0 radical (unpaired) electrons. The van der Waals surface area contributed by atoms with Gasteiger partial charge in [0.05, 0.1) is 12.5 Å². The molecular formula is C12H14ClNO3. The first-order valence-corrected chi connectivity index (χ1v) is 5.99. The summed E-state index contributed by atoms with van der Waals surface area (Å²) in [7, 11) is 0. The second-order valence-electron chi connectivity index (χ2n) is 4.28. The minimum atomic E-state index is -0.759. The van der Waals surface area contributed by atoms with Crippen LogP contribution in [0.1, 0.15) is 18.6 Å². The highest BCUT2D eigenvalue weighted by Gasteiger charge is 2.48. The molecule has 17 heavy (non-hydrogen) atoms. The van der Waals surface area contributed by atoms with Gasteiger partial charge >= 0.3 is 0 Å². The van der Waals surface area contributed by atoms with Crippen LogP contribution in [-0.2, 0) is 4.74 Å². The normalized spacial score (nSPS) is 30.1. The van der Waals surface area contributed by atoms with Gasteiger partial charge in [-0.3, -0.25) is 10.1 Å². The molecule has 92 valence electrons. The molecular weight excluding hydrogens is 242 g/mol. The molecule has 0 unspecified atom stereocenters. The van der Waals surface area contributed by atoms with Gasteiger partial charge in [0.25, 0.3) is 0 Å². The van der Waals surface area contributed by atoms with Gasteiger partial charge in [0.2, 0.25) is 6.04 Å². The lowest BCUT2D eigenvalue weighted by atomic mass is 9.93. The second kappa shape index (κ2) is 5.02. The smallest absolute Gasteiger partial charge is 0.249 e. The molecule has 0 N–H and O–H groups in total. The van der Waals surface area contributed by atoms with Crippen LogP contribution in [-0.4, -0.2) is 22.9 Å². The molecule has 0 bridgehead atoms. The summed E-state index contributed by atoms with van der Waals surface area (Å²) in [5.41, 5.74) is 0.842. The third-order valence-corrected chi connectivity index (χ3v) is 3.50. The maximum Gasteiger partial charge on any atom is 0.249 e. The van der Waals surface area contributed by atoms with E-state index in [9.17, 15) is 10.1 Å². The van der Waals surface area contributed by atoms with Crippen molar-refractivity contribution in [2.24, 2.45) is 5.92 Å². The van der Waals surface area contributed by atoms with Crippen molar-refractivity contribution in [2.45, 2.75) is 24.4 Å². The fourth-order valence-corrected chi connectivity index (χ4v) is 2.47. The largest absolute Gasteiger partial charge is 0.366 e. The zero-order valence-electron chi connectivity index (χ0n) is 9.45. The molecule has 0 amide bonds. The Bertz CT molecular complexity index is 396. The minimum absolute atomic E-state index is 0.239. The Morgan fingerprint density at radius 3 is 2.65 bits per heavy atom. The number of rotatable bonds is 3. The van der Waals surface area contributed by atoms with Crippen LogP contribution in [0.25, 0.3) is 0 Å². The number of ether oxygens (including phenoxy) is 1. The van der Waals surface area contributed by atoms with Gasteiger partial charge in [-0.05, 0) is 12.5 Å². The van der Waals surface area contributed by atoms with Gasteiger partial charge in [-0.25, -0.2) is 0 Å². The van der Waals surface area contributed by atoms with Gasteiger partial charge < -0.3 is 4.74 Å². The molecule has 0 aliphatic carbocycles. The first-order chi connectivity index (χ1) is 8.11. The van der Waals surface area contributed by atoms with Crippen molar-refractivity contribution in [3.63, 3.8) is 0 Å². The topological polar surface area (TPSA) is 52.4 Å². The molecule has 1 saturated heterocycles. The van der Waals surface area contributed by atoms with Crippen molar-refractivity contribution in [1.29, 1.82) is 0 Å². The van der Waals surface area contributed by atoms with Crippen molar-refractivity contribution in [2.75, 3.05) is 6.61 Å². The van der Waals surface area contributed by atoms with Crippen LogP contribution < -0.4 is 0 Å². The van der Waals surface area contributed by atoms with Gasteiger partial charge in [0, 0.05) is 10.3 Å². The molecule has 0 aromatic heterocycles. The van der Waals surface area contributed by atoms with Gasteiger partial charge in [-0.15, -0.1) is 11.6 Å². The van der Waals surface area contributed by atoms with Gasteiger partial charge in [0.1, 0.15) is 0 Å². The number of hydrogen-bond donors (Lipinski definition) is 0. The molecule has 1 aliphatic heterocycles. The molecule has 4 atom stereocenters. The van der Waals surface area contributed by atoms with Crippen LogP contribution >= 0.6 is 11.6 Å². The Hall–Kier alpha value is -1.13. The zero-order valence-corrected chi connectivity index (χ0v) is 10.2. The first kappa shape index (κ1) is 12.3. The SMILES string of the molecule is C[C@H](Cl)[C@H]1CO[C@H](c2ccccc2)[C@H]1[N+](=O)[O-]. The predicted molar refractivity (Wildman–Crippen MR) is 64.7 cm³/mol. The summed E-state index contributed by atoms with van der Waals surface area (Å²) >= 11 is 5.99. The number of benzene rings is 1. The summed E-state index contributed by atoms with van der Waals surface area (Å²) in [5.74, 6) is -0.239. The van der Waals surface area contributed by atoms with Crippen LogP contribution in [0.3, 0.4) is 0 Å². The van der Waals surface area contributed by atoms with E-state index in [0.717, 1.165) is 5.56 Å². The number of halogens is 1. The van der Waals surface area contributed by atoms with Crippen molar-refractivity contribution < 1.29 is 9.66 Å². The molecule has 1 aliphatic rings. The molecule has 5 heteroatoms. The van der Waals surface area contributed by atoms with E-state index in [1.54, 1.807) is 6.92 Å². The predicted octanol–water partition coefficient (Wildman–Crippen LogP) is 2.65. The van der Waals surface area contributed by atoms with Gasteiger partial charge in [-0.2, -0.15) is 0 Å². The second-order valence-corrected chi connectivity index (χ2v) is 4.97. The summed E-state index contributed by atoms with van der Waals surface area (Å²) in [6.07, 6.45) is -0.489. The summed E-state index contributed by atoms with van der Waals surface area (Å²) in [5, 5.41) is 10.9. The standard InChI is InChI=1S/C12H14ClNO3/c1-8(13)10-7-17-12(11(10)14(15)16)9-5-3-2-4-6-9/h2-6,8,10-12H,7H2,1H3/t8-,10+,11-,12+/m0/s1. The zero-order chi connectivity index (χ0) is 12.4. The van der Waals surface area contributed by atoms with E-state index in [-0.39, 0.29) is 16.2 Å². The number of alkyl halides is 1. The van der Waals surface area contributed by atoms with Gasteiger partial charge in [-0.1, -0.05) is 30.3 Å². The fraction of sp³-hybridized carbons (Fsp3) is 0.500. The monoisotopic (exact) mass is 255 g/mol. The quantitative estimate of drug-likeness (QED) is 0.474. The highest BCUT2D eigenvalue weighted by Crippen LogP contribution is 2.37. The molecule has 1 fully saturated rings. The Kier molecular flexibility index (Phi) is 3.64. The summed E-state index contributed by atoms with van der Waals surface area (Å²) in [6, 6.07) is 8.52. The lowest BCUT2D eigenvalue weighted by Gasteiger charge is -2.17. The Balaban J connectivity index is 2.27. The molecule has 2 rings (SSSR count). The van der Waals surface area contributed by atoms with Crippen LogP contribution in [0.4, 0.5) is 0 Å². The highest BCUT2D eigenvalue weighted by molar-refractivity contribution is 6.20. The van der Waals surface area contributed by atoms with Crippen LogP contribution in [0.5, 0.6) is 0 Å². The van der Waals surface area contributed by atoms with Crippen molar-refractivity contribution in [3.05, 3.63) is 46.0 Å². The van der Waals surface area contributed by atoms with Crippen molar-refractivity contribution in [3.8, 4) is 0 Å². The van der Waals surface area contributed by atoms with Crippen LogP contribution in [0, 0.1) is 16.0 Å². The summed E-state index contributed by atoms with van der Waals surface area (Å²) in [4.78, 5) is 10.9. The van der Waals surface area contributed by atoms with Crippen molar-refractivity contribution in [1.82, 2.24) is 0 Å². The Labute approximate surface area is 105 Å². The number of nitrogens with zero attached hydrogens (tertiary/aromatic N) is 1. The average Bonchev–Trinajstić information content (AvgIpc) is 2.74. The lowest BCUT2D eigenvalue weighted by Crippen LogP contribution is -2.34. The summed E-state index contributed by atoms with van der Waals surface area (Å²) < 4.78 is 5.56. The Morgan fingerprint density at radius 2 is 2.12 bits per heavy atom. The van der Waals surface area contributed by atoms with E-state index in [0.29, 0.717) is 6.61 Å². The van der Waals surface area contributed by atoms with E-state index < -0.39 is 12.1 Å². The third kappa shape index (κ3) is 2.42. The first-order valence-electron chi connectivity index (χ1n) is 5.55. The average molecular weight is 256 g/mol. The number of nitro groups is 1. The Morgan fingerprint density at radius 1 is 1.47 bits per heavy atom. The highest BCUT2D eigenvalue weighted by atomic mass is 35.5. The van der Waals surface area contributed by atoms with E-state index in [1.807, 2.05) is 30.3 Å². The molecule has 4 nitrogen and oxygen atoms in total. The maximum absolute atomic E-state index is 11.2. The van der Waals surface area contributed by atoms with E-state index in [4.69, 9.17) is 16.3 Å². The molecule has 0 saturated carbocycles. The maximum atomic E-state index is 11.2. The molecule has 1 aromatic carbocycles. The van der Waals surface area contributed by atoms with E-state index in [1.165, 1.54) is 0 Å². The van der Waals surface area contributed by atoms with Crippen LogP contribution in [0.15, 0.2) is 30.3 Å². The number of hydrogen-bond acceptors (Lipinski definition) is 3. The lowest BCUT2D eigenvalue weighted by molar-refractivity contribution is -0.535.